The summed E-state index contributed by atoms with van der Waals surface area (Å²) in [7, 11) is -3.59. The molecule has 0 unspecified atom stereocenters. The second-order valence-electron chi connectivity index (χ2n) is 8.18. The Hall–Kier alpha value is -2.48. The van der Waals surface area contributed by atoms with Crippen LogP contribution in [0.25, 0.3) is 0 Å². The van der Waals surface area contributed by atoms with Crippen molar-refractivity contribution >= 4 is 27.3 Å². The fraction of sp³-hybridized carbons (Fsp3) is 0.320. The molecule has 4 rings (SSSR count). The van der Waals surface area contributed by atoms with Gasteiger partial charge < -0.3 is 4.90 Å². The maximum atomic E-state index is 12.9. The molecule has 0 spiro atoms. The minimum absolute atomic E-state index is 0.0298. The number of hydrogen-bond acceptors (Lipinski definition) is 4. The second-order valence-corrected chi connectivity index (χ2v) is 11.0. The summed E-state index contributed by atoms with van der Waals surface area (Å²) >= 11 is 1.61. The van der Waals surface area contributed by atoms with Gasteiger partial charge in [0.1, 0.15) is 0 Å². The van der Waals surface area contributed by atoms with Crippen molar-refractivity contribution in [1.29, 1.82) is 0 Å². The predicted octanol–water partition coefficient (Wildman–Crippen LogP) is 4.36. The van der Waals surface area contributed by atoms with Crippen LogP contribution in [0.5, 0.6) is 0 Å². The predicted molar refractivity (Wildman–Crippen MR) is 128 cm³/mol. The van der Waals surface area contributed by atoms with Crippen molar-refractivity contribution in [1.82, 2.24) is 9.62 Å². The fourth-order valence-electron chi connectivity index (χ4n) is 4.09. The first-order valence-corrected chi connectivity index (χ1v) is 13.3. The van der Waals surface area contributed by atoms with Crippen LogP contribution >= 0.6 is 11.3 Å². The van der Waals surface area contributed by atoms with Gasteiger partial charge in [0.05, 0.1) is 4.90 Å². The van der Waals surface area contributed by atoms with E-state index in [4.69, 9.17) is 0 Å². The summed E-state index contributed by atoms with van der Waals surface area (Å²) in [6.45, 7) is 1.82. The number of thiophene rings is 1. The van der Waals surface area contributed by atoms with Crippen molar-refractivity contribution in [2.24, 2.45) is 5.92 Å². The van der Waals surface area contributed by atoms with Crippen LogP contribution < -0.4 is 4.72 Å². The third-order valence-electron chi connectivity index (χ3n) is 5.92. The highest BCUT2D eigenvalue weighted by Gasteiger charge is 2.24. The van der Waals surface area contributed by atoms with Gasteiger partial charge in [-0.25, -0.2) is 13.1 Å². The fourth-order valence-corrected chi connectivity index (χ4v) is 5.83. The Bertz CT molecular complexity index is 1100. The van der Waals surface area contributed by atoms with Gasteiger partial charge in [-0.15, -0.1) is 11.3 Å². The third kappa shape index (κ3) is 5.85. The number of carbonyl (C=O) groups is 1. The number of sulfonamides is 1. The van der Waals surface area contributed by atoms with E-state index in [2.05, 4.69) is 29.0 Å². The van der Waals surface area contributed by atoms with Crippen molar-refractivity contribution in [3.63, 3.8) is 0 Å². The van der Waals surface area contributed by atoms with Crippen molar-refractivity contribution in [2.75, 3.05) is 19.6 Å². The van der Waals surface area contributed by atoms with Crippen LogP contribution in [0.3, 0.4) is 0 Å². The topological polar surface area (TPSA) is 66.5 Å². The number of benzene rings is 2. The number of rotatable bonds is 8. The lowest BCUT2D eigenvalue weighted by atomic mass is 9.90. The molecule has 168 valence electrons. The van der Waals surface area contributed by atoms with Crippen LogP contribution in [0.2, 0.25) is 0 Å². The summed E-state index contributed by atoms with van der Waals surface area (Å²) in [4.78, 5) is 16.1. The molecule has 1 aromatic heterocycles. The number of carbonyl (C=O) groups excluding carboxylic acids is 1. The number of piperidine rings is 1. The van der Waals surface area contributed by atoms with E-state index in [-0.39, 0.29) is 10.8 Å². The molecule has 1 fully saturated rings. The Kier molecular flexibility index (Phi) is 7.40. The van der Waals surface area contributed by atoms with Crippen LogP contribution in [0.15, 0.2) is 77.0 Å². The number of amides is 1. The molecule has 0 radical (unpaired) electrons. The van der Waals surface area contributed by atoms with Gasteiger partial charge in [-0.05, 0) is 72.9 Å². The van der Waals surface area contributed by atoms with E-state index in [0.29, 0.717) is 24.4 Å². The Morgan fingerprint density at radius 2 is 1.69 bits per heavy atom. The highest BCUT2D eigenvalue weighted by atomic mass is 32.2. The maximum absolute atomic E-state index is 12.9. The number of likely N-dealkylation sites (tertiary alicyclic amines) is 1. The van der Waals surface area contributed by atoms with Gasteiger partial charge in [0.25, 0.3) is 5.91 Å². The maximum Gasteiger partial charge on any atom is 0.253 e. The van der Waals surface area contributed by atoms with Crippen LogP contribution in [0.1, 0.15) is 33.6 Å². The SMILES string of the molecule is O=C(c1ccc(S(=O)(=O)NCCc2cccs2)cc1)N1CCC(Cc2ccccc2)CC1. The van der Waals surface area contributed by atoms with Gasteiger partial charge >= 0.3 is 0 Å². The molecule has 5 nitrogen and oxygen atoms in total. The molecular weight excluding hydrogens is 440 g/mol. The minimum atomic E-state index is -3.59. The standard InChI is InChI=1S/C25H28N2O3S2/c28-25(27-16-13-21(14-17-27)19-20-5-2-1-3-6-20)22-8-10-24(11-9-22)32(29,30)26-15-12-23-7-4-18-31-23/h1-11,18,21,26H,12-17,19H2. The van der Waals surface area contributed by atoms with E-state index in [1.54, 1.807) is 23.5 Å². The Morgan fingerprint density at radius 3 is 2.34 bits per heavy atom. The summed E-state index contributed by atoms with van der Waals surface area (Å²) in [5.74, 6) is 0.562. The first-order chi connectivity index (χ1) is 15.5. The van der Waals surface area contributed by atoms with Crippen LogP contribution in [0, 0.1) is 5.92 Å². The molecule has 3 aromatic rings. The monoisotopic (exact) mass is 468 g/mol. The molecule has 0 bridgehead atoms. The van der Waals surface area contributed by atoms with Crippen LogP contribution in [0.4, 0.5) is 0 Å². The van der Waals surface area contributed by atoms with Crippen LogP contribution in [-0.4, -0.2) is 38.9 Å². The molecule has 1 N–H and O–H groups in total. The lowest BCUT2D eigenvalue weighted by molar-refractivity contribution is 0.0690. The summed E-state index contributed by atoms with van der Waals surface area (Å²) in [5, 5.41) is 1.98. The second kappa shape index (κ2) is 10.4. The number of nitrogens with zero attached hydrogens (tertiary/aromatic N) is 1. The van der Waals surface area contributed by atoms with Gasteiger partial charge in [-0.2, -0.15) is 0 Å². The van der Waals surface area contributed by atoms with Gasteiger partial charge in [0.2, 0.25) is 10.0 Å². The molecule has 0 saturated carbocycles. The molecule has 1 amide bonds. The Labute approximate surface area is 194 Å². The van der Waals surface area contributed by atoms with E-state index < -0.39 is 10.0 Å². The molecule has 0 aliphatic carbocycles. The molecule has 2 aromatic carbocycles. The smallest absolute Gasteiger partial charge is 0.253 e. The largest absolute Gasteiger partial charge is 0.339 e. The summed E-state index contributed by atoms with van der Waals surface area (Å²) in [5.41, 5.74) is 1.88. The molecule has 32 heavy (non-hydrogen) atoms. The first-order valence-electron chi connectivity index (χ1n) is 11.0. The number of nitrogens with one attached hydrogen (secondary N) is 1. The quantitative estimate of drug-likeness (QED) is 0.534. The minimum Gasteiger partial charge on any atom is -0.339 e. The average molecular weight is 469 g/mol. The first kappa shape index (κ1) is 22.7. The van der Waals surface area contributed by atoms with E-state index in [1.165, 1.54) is 17.7 Å². The van der Waals surface area contributed by atoms with Crippen molar-refractivity contribution in [2.45, 2.75) is 30.6 Å². The van der Waals surface area contributed by atoms with E-state index in [0.717, 1.165) is 37.2 Å². The van der Waals surface area contributed by atoms with E-state index in [9.17, 15) is 13.2 Å². The summed E-state index contributed by atoms with van der Waals surface area (Å²) < 4.78 is 27.7. The molecule has 2 heterocycles. The van der Waals surface area contributed by atoms with Crippen molar-refractivity contribution in [3.8, 4) is 0 Å². The lowest BCUT2D eigenvalue weighted by Gasteiger charge is -2.32. The zero-order valence-electron chi connectivity index (χ0n) is 17.9. The Balaban J connectivity index is 1.29. The third-order valence-corrected chi connectivity index (χ3v) is 8.34. The molecule has 7 heteroatoms. The van der Waals surface area contributed by atoms with Crippen LogP contribution in [-0.2, 0) is 22.9 Å². The van der Waals surface area contributed by atoms with Crippen molar-refractivity contribution in [3.05, 3.63) is 88.1 Å². The van der Waals surface area contributed by atoms with Gasteiger partial charge in [-0.3, -0.25) is 4.79 Å². The highest BCUT2D eigenvalue weighted by molar-refractivity contribution is 7.89. The van der Waals surface area contributed by atoms with E-state index in [1.807, 2.05) is 28.5 Å². The normalized spacial score (nSPS) is 15.1. The molecular formula is C25H28N2O3S2. The van der Waals surface area contributed by atoms with Gasteiger partial charge in [0.15, 0.2) is 0 Å². The average Bonchev–Trinajstić information content (AvgIpc) is 3.33. The lowest BCUT2D eigenvalue weighted by Crippen LogP contribution is -2.38. The summed E-state index contributed by atoms with van der Waals surface area (Å²) in [6, 6.07) is 20.7. The summed E-state index contributed by atoms with van der Waals surface area (Å²) in [6.07, 6.45) is 3.69. The molecule has 1 saturated heterocycles. The van der Waals surface area contributed by atoms with Crippen molar-refractivity contribution < 1.29 is 13.2 Å². The Morgan fingerprint density at radius 1 is 0.969 bits per heavy atom. The van der Waals surface area contributed by atoms with E-state index >= 15 is 0 Å². The van der Waals surface area contributed by atoms with Gasteiger partial charge in [-0.1, -0.05) is 36.4 Å². The molecule has 0 atom stereocenters. The number of hydrogen-bond donors (Lipinski definition) is 1. The molecule has 1 aliphatic heterocycles. The zero-order chi connectivity index (χ0) is 22.4. The molecule has 1 aliphatic rings. The highest BCUT2D eigenvalue weighted by Crippen LogP contribution is 2.23. The van der Waals surface area contributed by atoms with Gasteiger partial charge in [0, 0.05) is 30.1 Å². The zero-order valence-corrected chi connectivity index (χ0v) is 19.6.